The molecule has 1 amide bonds. The number of hydrogen-bond acceptors (Lipinski definition) is 3. The normalized spacial score (nSPS) is 14.7. The van der Waals surface area contributed by atoms with Crippen LogP contribution < -0.4 is 10.1 Å². The quantitative estimate of drug-likeness (QED) is 0.915. The van der Waals surface area contributed by atoms with Gasteiger partial charge in [0, 0.05) is 12.0 Å². The molecular weight excluding hydrogens is 302 g/mol. The van der Waals surface area contributed by atoms with E-state index in [0.29, 0.717) is 11.6 Å². The standard InChI is InChI=1S/C17H16F2N2O2/c18-14-7-5-12(9-15(14)19)23-13-6-8-16(20-10-13)21-17(22)11-3-1-2-4-11/h5-11H,1-4H2,(H,20,21,22). The second kappa shape index (κ2) is 6.73. The van der Waals surface area contributed by atoms with Crippen LogP contribution in [0.5, 0.6) is 11.5 Å². The Morgan fingerprint density at radius 2 is 1.83 bits per heavy atom. The molecule has 0 atom stereocenters. The Morgan fingerprint density at radius 3 is 2.48 bits per heavy atom. The third kappa shape index (κ3) is 3.83. The summed E-state index contributed by atoms with van der Waals surface area (Å²) >= 11 is 0. The van der Waals surface area contributed by atoms with Gasteiger partial charge >= 0.3 is 0 Å². The second-order valence-corrected chi connectivity index (χ2v) is 5.53. The highest BCUT2D eigenvalue weighted by atomic mass is 19.2. The van der Waals surface area contributed by atoms with Crippen molar-refractivity contribution in [1.82, 2.24) is 4.98 Å². The molecule has 23 heavy (non-hydrogen) atoms. The number of benzene rings is 1. The molecule has 120 valence electrons. The van der Waals surface area contributed by atoms with Crippen molar-refractivity contribution in [2.24, 2.45) is 5.92 Å². The van der Waals surface area contributed by atoms with Crippen LogP contribution in [-0.4, -0.2) is 10.9 Å². The summed E-state index contributed by atoms with van der Waals surface area (Å²) in [6.07, 6.45) is 5.44. The number of nitrogens with zero attached hydrogens (tertiary/aromatic N) is 1. The summed E-state index contributed by atoms with van der Waals surface area (Å²) in [6.45, 7) is 0. The molecule has 1 heterocycles. The van der Waals surface area contributed by atoms with Gasteiger partial charge in [-0.2, -0.15) is 0 Å². The van der Waals surface area contributed by atoms with Crippen LogP contribution >= 0.6 is 0 Å². The monoisotopic (exact) mass is 318 g/mol. The first-order valence-corrected chi connectivity index (χ1v) is 7.51. The average molecular weight is 318 g/mol. The minimum absolute atomic E-state index is 0.00993. The zero-order valence-corrected chi connectivity index (χ0v) is 12.4. The molecule has 1 aromatic heterocycles. The summed E-state index contributed by atoms with van der Waals surface area (Å²) < 4.78 is 31.4. The predicted molar refractivity (Wildman–Crippen MR) is 81.3 cm³/mol. The largest absolute Gasteiger partial charge is 0.456 e. The van der Waals surface area contributed by atoms with Crippen LogP contribution in [0.2, 0.25) is 0 Å². The van der Waals surface area contributed by atoms with E-state index in [2.05, 4.69) is 10.3 Å². The molecule has 4 nitrogen and oxygen atoms in total. The van der Waals surface area contributed by atoms with Crippen molar-refractivity contribution in [3.63, 3.8) is 0 Å². The number of anilines is 1. The summed E-state index contributed by atoms with van der Waals surface area (Å²) in [5.41, 5.74) is 0. The zero-order valence-electron chi connectivity index (χ0n) is 12.4. The van der Waals surface area contributed by atoms with Crippen molar-refractivity contribution >= 4 is 11.7 Å². The topological polar surface area (TPSA) is 51.2 Å². The van der Waals surface area contributed by atoms with Crippen molar-refractivity contribution in [3.05, 3.63) is 48.2 Å². The van der Waals surface area contributed by atoms with E-state index in [1.165, 1.54) is 12.3 Å². The van der Waals surface area contributed by atoms with Crippen molar-refractivity contribution in [2.45, 2.75) is 25.7 Å². The van der Waals surface area contributed by atoms with Crippen LogP contribution in [0.25, 0.3) is 0 Å². The number of nitrogens with one attached hydrogen (secondary N) is 1. The van der Waals surface area contributed by atoms with Gasteiger partial charge in [0.15, 0.2) is 11.6 Å². The van der Waals surface area contributed by atoms with Gasteiger partial charge in [0.1, 0.15) is 17.3 Å². The van der Waals surface area contributed by atoms with Gasteiger partial charge in [0.05, 0.1) is 6.20 Å². The molecule has 0 saturated heterocycles. The van der Waals surface area contributed by atoms with Gasteiger partial charge in [-0.25, -0.2) is 13.8 Å². The maximum atomic E-state index is 13.1. The summed E-state index contributed by atoms with van der Waals surface area (Å²) in [5.74, 6) is -0.863. The second-order valence-electron chi connectivity index (χ2n) is 5.53. The minimum atomic E-state index is -0.976. The van der Waals surface area contributed by atoms with E-state index in [0.717, 1.165) is 37.8 Å². The Bertz CT molecular complexity index is 698. The smallest absolute Gasteiger partial charge is 0.228 e. The number of ether oxygens (including phenoxy) is 1. The first kappa shape index (κ1) is 15.4. The molecule has 3 rings (SSSR count). The lowest BCUT2D eigenvalue weighted by Crippen LogP contribution is -2.20. The van der Waals surface area contributed by atoms with E-state index >= 15 is 0 Å². The first-order chi connectivity index (χ1) is 11.1. The molecule has 1 saturated carbocycles. The van der Waals surface area contributed by atoms with Crippen LogP contribution in [0.3, 0.4) is 0 Å². The zero-order chi connectivity index (χ0) is 16.2. The number of rotatable bonds is 4. The van der Waals surface area contributed by atoms with Crippen molar-refractivity contribution in [1.29, 1.82) is 0 Å². The number of carbonyl (C=O) groups is 1. The predicted octanol–water partition coefficient (Wildman–Crippen LogP) is 4.28. The maximum Gasteiger partial charge on any atom is 0.228 e. The van der Waals surface area contributed by atoms with Crippen LogP contribution in [0, 0.1) is 17.6 Å². The van der Waals surface area contributed by atoms with E-state index < -0.39 is 11.6 Å². The van der Waals surface area contributed by atoms with Crippen LogP contribution in [-0.2, 0) is 4.79 Å². The number of pyridine rings is 1. The number of carbonyl (C=O) groups excluding carboxylic acids is 1. The number of hydrogen-bond donors (Lipinski definition) is 1. The van der Waals surface area contributed by atoms with E-state index in [4.69, 9.17) is 4.74 Å². The SMILES string of the molecule is O=C(Nc1ccc(Oc2ccc(F)c(F)c2)cn1)C1CCCC1. The Labute approximate surface area is 132 Å². The Kier molecular flexibility index (Phi) is 4.50. The van der Waals surface area contributed by atoms with Gasteiger partial charge in [0.25, 0.3) is 0 Å². The lowest BCUT2D eigenvalue weighted by Gasteiger charge is -2.10. The highest BCUT2D eigenvalue weighted by Crippen LogP contribution is 2.26. The van der Waals surface area contributed by atoms with Gasteiger partial charge in [-0.05, 0) is 37.1 Å². The molecule has 1 aliphatic carbocycles. The molecule has 0 bridgehead atoms. The van der Waals surface area contributed by atoms with Crippen molar-refractivity contribution in [2.75, 3.05) is 5.32 Å². The fourth-order valence-electron chi connectivity index (χ4n) is 2.61. The minimum Gasteiger partial charge on any atom is -0.456 e. The van der Waals surface area contributed by atoms with Gasteiger partial charge in [-0.15, -0.1) is 0 Å². The summed E-state index contributed by atoms with van der Waals surface area (Å²) in [5, 5.41) is 2.78. The molecule has 1 N–H and O–H groups in total. The van der Waals surface area contributed by atoms with E-state index in [9.17, 15) is 13.6 Å². The molecule has 0 aliphatic heterocycles. The molecule has 1 aromatic carbocycles. The number of aromatic nitrogens is 1. The highest BCUT2D eigenvalue weighted by molar-refractivity contribution is 5.91. The summed E-state index contributed by atoms with van der Waals surface area (Å²) in [7, 11) is 0. The maximum absolute atomic E-state index is 13.1. The van der Waals surface area contributed by atoms with E-state index in [1.807, 2.05) is 0 Å². The molecule has 1 aliphatic rings. The molecule has 0 spiro atoms. The molecule has 6 heteroatoms. The van der Waals surface area contributed by atoms with Crippen molar-refractivity contribution < 1.29 is 18.3 Å². The number of halogens is 2. The third-order valence-electron chi connectivity index (χ3n) is 3.84. The highest BCUT2D eigenvalue weighted by Gasteiger charge is 2.22. The Balaban J connectivity index is 1.62. The summed E-state index contributed by atoms with van der Waals surface area (Å²) in [4.78, 5) is 16.1. The fraction of sp³-hybridized carbons (Fsp3) is 0.294. The first-order valence-electron chi connectivity index (χ1n) is 7.51. The van der Waals surface area contributed by atoms with Crippen LogP contribution in [0.15, 0.2) is 36.5 Å². The lowest BCUT2D eigenvalue weighted by atomic mass is 10.1. The number of amides is 1. The van der Waals surface area contributed by atoms with Crippen LogP contribution in [0.4, 0.5) is 14.6 Å². The Morgan fingerprint density at radius 1 is 1.09 bits per heavy atom. The van der Waals surface area contributed by atoms with E-state index in [1.54, 1.807) is 12.1 Å². The Hall–Kier alpha value is -2.50. The van der Waals surface area contributed by atoms with Crippen molar-refractivity contribution in [3.8, 4) is 11.5 Å². The summed E-state index contributed by atoms with van der Waals surface area (Å²) in [6, 6.07) is 6.51. The van der Waals surface area contributed by atoms with Gasteiger partial charge in [0.2, 0.25) is 5.91 Å². The average Bonchev–Trinajstić information content (AvgIpc) is 3.07. The van der Waals surface area contributed by atoms with Gasteiger partial charge in [-0.3, -0.25) is 4.79 Å². The van der Waals surface area contributed by atoms with E-state index in [-0.39, 0.29) is 17.6 Å². The molecular formula is C17H16F2N2O2. The van der Waals surface area contributed by atoms with Crippen LogP contribution in [0.1, 0.15) is 25.7 Å². The lowest BCUT2D eigenvalue weighted by molar-refractivity contribution is -0.119. The molecule has 2 aromatic rings. The fourth-order valence-corrected chi connectivity index (χ4v) is 2.61. The van der Waals surface area contributed by atoms with Gasteiger partial charge < -0.3 is 10.1 Å². The molecule has 1 fully saturated rings. The third-order valence-corrected chi connectivity index (χ3v) is 3.84. The molecule has 0 unspecified atom stereocenters. The van der Waals surface area contributed by atoms with Gasteiger partial charge in [-0.1, -0.05) is 12.8 Å². The molecule has 0 radical (unpaired) electrons.